The first-order chi connectivity index (χ1) is 18.2. The normalized spacial score (nSPS) is 14.6. The molecule has 3 aromatic rings. The van der Waals surface area contributed by atoms with E-state index in [4.69, 9.17) is 0 Å². The highest BCUT2D eigenvalue weighted by atomic mass is 32.2. The number of piperazine rings is 1. The molecule has 7 nitrogen and oxygen atoms in total. The number of carbonyl (C=O) groups excluding carboxylic acids is 1. The third kappa shape index (κ3) is 6.17. The van der Waals surface area contributed by atoms with Gasteiger partial charge in [-0.1, -0.05) is 36.4 Å². The predicted octanol–water partition coefficient (Wildman–Crippen LogP) is 5.26. The van der Waals surface area contributed by atoms with Gasteiger partial charge in [0.15, 0.2) is 0 Å². The van der Waals surface area contributed by atoms with E-state index in [0.29, 0.717) is 55.1 Å². The van der Waals surface area contributed by atoms with Gasteiger partial charge >= 0.3 is 0 Å². The number of hydrogen-bond donors (Lipinski definition) is 1. The van der Waals surface area contributed by atoms with Crippen molar-refractivity contribution < 1.29 is 17.6 Å². The summed E-state index contributed by atoms with van der Waals surface area (Å²) >= 11 is 0. The van der Waals surface area contributed by atoms with Gasteiger partial charge in [-0.05, 0) is 68.1 Å². The van der Waals surface area contributed by atoms with Gasteiger partial charge in [0.25, 0.3) is 15.9 Å². The summed E-state index contributed by atoms with van der Waals surface area (Å²) in [5, 5.41) is 0. The number of anilines is 1. The molecule has 0 bridgehead atoms. The Morgan fingerprint density at radius 1 is 1.08 bits per heavy atom. The Bertz CT molecular complexity index is 1460. The van der Waals surface area contributed by atoms with Crippen LogP contribution in [0.2, 0.25) is 0 Å². The number of hydrogen-bond acceptors (Lipinski definition) is 5. The first-order valence-electron chi connectivity index (χ1n) is 12.3. The highest BCUT2D eigenvalue weighted by molar-refractivity contribution is 7.92. The van der Waals surface area contributed by atoms with Gasteiger partial charge in [0.1, 0.15) is 10.7 Å². The zero-order valence-electron chi connectivity index (χ0n) is 21.5. The molecular formula is C29H31FN4O3S. The van der Waals surface area contributed by atoms with Crippen molar-refractivity contribution in [3.8, 4) is 0 Å². The fourth-order valence-electron chi connectivity index (χ4n) is 4.49. The minimum absolute atomic E-state index is 0.0289. The molecule has 9 heteroatoms. The number of para-hydroxylation sites is 1. The van der Waals surface area contributed by atoms with Gasteiger partial charge in [-0.3, -0.25) is 19.4 Å². The van der Waals surface area contributed by atoms with Crippen LogP contribution < -0.4 is 4.72 Å². The second-order valence-corrected chi connectivity index (χ2v) is 10.8. The molecule has 1 fully saturated rings. The monoisotopic (exact) mass is 534 g/mol. The van der Waals surface area contributed by atoms with Crippen molar-refractivity contribution in [1.29, 1.82) is 0 Å². The molecule has 1 saturated heterocycles. The fourth-order valence-corrected chi connectivity index (χ4v) is 5.81. The maximum absolute atomic E-state index is 13.2. The van der Waals surface area contributed by atoms with Crippen LogP contribution in [0, 0.1) is 12.7 Å². The largest absolute Gasteiger partial charge is 0.336 e. The highest BCUT2D eigenvalue weighted by Gasteiger charge is 2.24. The summed E-state index contributed by atoms with van der Waals surface area (Å²) in [6, 6.07) is 16.3. The maximum Gasteiger partial charge on any atom is 0.264 e. The Hall–Kier alpha value is -3.82. The molecule has 0 saturated carbocycles. The van der Waals surface area contributed by atoms with Gasteiger partial charge in [0.2, 0.25) is 0 Å². The Labute approximate surface area is 223 Å². The number of carbonyl (C=O) groups is 1. The van der Waals surface area contributed by atoms with Crippen molar-refractivity contribution in [2.24, 2.45) is 4.99 Å². The number of sulfonamides is 1. The lowest BCUT2D eigenvalue weighted by molar-refractivity contribution is 0.0628. The lowest BCUT2D eigenvalue weighted by Gasteiger charge is -2.35. The summed E-state index contributed by atoms with van der Waals surface area (Å²) in [6.07, 6.45) is 3.58. The zero-order valence-corrected chi connectivity index (χ0v) is 22.3. The molecular weight excluding hydrogens is 503 g/mol. The number of nitrogens with zero attached hydrogens (tertiary/aromatic N) is 3. The van der Waals surface area contributed by atoms with E-state index in [1.165, 1.54) is 18.2 Å². The van der Waals surface area contributed by atoms with E-state index < -0.39 is 10.0 Å². The molecule has 0 radical (unpaired) electrons. The summed E-state index contributed by atoms with van der Waals surface area (Å²) < 4.78 is 42.2. The molecule has 1 aliphatic rings. The first-order valence-corrected chi connectivity index (χ1v) is 13.8. The topological polar surface area (TPSA) is 82.1 Å². The van der Waals surface area contributed by atoms with Gasteiger partial charge in [-0.25, -0.2) is 12.8 Å². The van der Waals surface area contributed by atoms with Crippen LogP contribution in [0.25, 0.3) is 6.08 Å². The average molecular weight is 535 g/mol. The van der Waals surface area contributed by atoms with Crippen molar-refractivity contribution in [2.75, 3.05) is 30.9 Å². The van der Waals surface area contributed by atoms with E-state index in [9.17, 15) is 17.6 Å². The molecule has 1 amide bonds. The molecule has 4 rings (SSSR count). The van der Waals surface area contributed by atoms with Crippen molar-refractivity contribution in [2.45, 2.75) is 25.3 Å². The SMILES string of the molecule is C=Nc1c(/C=C\C)cccc1S(=O)(=O)Nc1ccc(C(=O)N2CCN(Cc3ccc(F)cc3)CC2)cc1C. The van der Waals surface area contributed by atoms with Crippen LogP contribution in [0.1, 0.15) is 34.0 Å². The van der Waals surface area contributed by atoms with Crippen molar-refractivity contribution in [3.05, 3.63) is 94.8 Å². The van der Waals surface area contributed by atoms with Crippen LogP contribution in [-0.4, -0.2) is 57.0 Å². The van der Waals surface area contributed by atoms with Crippen molar-refractivity contribution in [3.63, 3.8) is 0 Å². The van der Waals surface area contributed by atoms with E-state index in [1.807, 2.05) is 6.92 Å². The molecule has 0 aromatic heterocycles. The van der Waals surface area contributed by atoms with E-state index in [0.717, 1.165) is 5.56 Å². The number of amides is 1. The van der Waals surface area contributed by atoms with E-state index in [1.54, 1.807) is 66.4 Å². The summed E-state index contributed by atoms with van der Waals surface area (Å²) in [5.41, 5.74) is 3.48. The molecule has 3 aromatic carbocycles. The van der Waals surface area contributed by atoms with Crippen LogP contribution in [0.3, 0.4) is 0 Å². The Morgan fingerprint density at radius 3 is 2.42 bits per heavy atom. The number of aliphatic imine (C=N–C) groups is 1. The molecule has 0 spiro atoms. The van der Waals surface area contributed by atoms with Gasteiger partial charge in [0.05, 0.1) is 11.4 Å². The van der Waals surface area contributed by atoms with Crippen LogP contribution >= 0.6 is 0 Å². The molecule has 198 valence electrons. The molecule has 0 aliphatic carbocycles. The molecule has 0 atom stereocenters. The third-order valence-corrected chi connectivity index (χ3v) is 7.92. The van der Waals surface area contributed by atoms with Gasteiger partial charge in [-0.15, -0.1) is 0 Å². The van der Waals surface area contributed by atoms with Crippen LogP contribution in [0.4, 0.5) is 15.8 Å². The summed E-state index contributed by atoms with van der Waals surface area (Å²) in [5.74, 6) is -0.350. The van der Waals surface area contributed by atoms with Crippen LogP contribution in [0.15, 0.2) is 76.6 Å². The van der Waals surface area contributed by atoms with E-state index >= 15 is 0 Å². The Kier molecular flexibility index (Phi) is 8.38. The minimum atomic E-state index is -3.95. The van der Waals surface area contributed by atoms with Crippen molar-refractivity contribution >= 4 is 40.1 Å². The lowest BCUT2D eigenvalue weighted by Crippen LogP contribution is -2.48. The molecule has 38 heavy (non-hydrogen) atoms. The Balaban J connectivity index is 1.43. The average Bonchev–Trinajstić information content (AvgIpc) is 2.91. The fraction of sp³-hybridized carbons (Fsp3) is 0.241. The summed E-state index contributed by atoms with van der Waals surface area (Å²) in [6.45, 7) is 10.4. The summed E-state index contributed by atoms with van der Waals surface area (Å²) in [7, 11) is -3.95. The molecule has 1 aliphatic heterocycles. The third-order valence-electron chi connectivity index (χ3n) is 6.52. The standard InChI is InChI=1S/C29H31FN4O3S/c1-4-6-23-7-5-8-27(28(23)31-3)38(36,37)32-26-14-11-24(19-21(26)2)29(35)34-17-15-33(16-18-34)20-22-9-12-25(30)13-10-22/h4-14,19,32H,3,15-18,20H2,1-2H3/b6-4-. The predicted molar refractivity (Wildman–Crippen MR) is 150 cm³/mol. The van der Waals surface area contributed by atoms with Gasteiger partial charge in [0, 0.05) is 43.9 Å². The highest BCUT2D eigenvalue weighted by Crippen LogP contribution is 2.31. The number of halogens is 1. The lowest BCUT2D eigenvalue weighted by atomic mass is 10.1. The summed E-state index contributed by atoms with van der Waals surface area (Å²) in [4.78, 5) is 21.2. The second-order valence-electron chi connectivity index (χ2n) is 9.18. The maximum atomic E-state index is 13.2. The number of aryl methyl sites for hydroxylation is 1. The van der Waals surface area contributed by atoms with Crippen molar-refractivity contribution in [1.82, 2.24) is 9.80 Å². The number of nitrogens with one attached hydrogen (secondary N) is 1. The van der Waals surface area contributed by atoms with Gasteiger partial charge < -0.3 is 4.90 Å². The molecule has 0 unspecified atom stereocenters. The van der Waals surface area contributed by atoms with E-state index in [2.05, 4.69) is 21.3 Å². The van der Waals surface area contributed by atoms with Crippen LogP contribution in [-0.2, 0) is 16.6 Å². The molecule has 1 heterocycles. The first kappa shape index (κ1) is 27.2. The number of rotatable bonds is 8. The Morgan fingerprint density at radius 2 is 1.79 bits per heavy atom. The molecule has 1 N–H and O–H groups in total. The van der Waals surface area contributed by atoms with Crippen LogP contribution in [0.5, 0.6) is 0 Å². The smallest absolute Gasteiger partial charge is 0.264 e. The quantitative estimate of drug-likeness (QED) is 0.400. The number of benzene rings is 3. The van der Waals surface area contributed by atoms with E-state index in [-0.39, 0.29) is 22.3 Å². The second kappa shape index (κ2) is 11.7. The number of allylic oxidation sites excluding steroid dienone is 1. The minimum Gasteiger partial charge on any atom is -0.336 e. The zero-order chi connectivity index (χ0) is 27.3. The van der Waals surface area contributed by atoms with Gasteiger partial charge in [-0.2, -0.15) is 0 Å².